The van der Waals surface area contributed by atoms with Gasteiger partial charge in [-0.05, 0) is 19.9 Å². The fourth-order valence-electron chi connectivity index (χ4n) is 1.14. The van der Waals surface area contributed by atoms with Crippen LogP contribution < -0.4 is 15.2 Å². The van der Waals surface area contributed by atoms with Gasteiger partial charge in [0.15, 0.2) is 11.5 Å². The van der Waals surface area contributed by atoms with Gasteiger partial charge in [0.1, 0.15) is 0 Å². The summed E-state index contributed by atoms with van der Waals surface area (Å²) >= 11 is 5.96. The summed E-state index contributed by atoms with van der Waals surface area (Å²) in [5.74, 6) is 1.16. The van der Waals surface area contributed by atoms with E-state index in [1.165, 1.54) is 0 Å². The highest BCUT2D eigenvalue weighted by Crippen LogP contribution is 2.37. The molecule has 0 aromatic heterocycles. The Labute approximate surface area is 88.8 Å². The maximum atomic E-state index is 5.96. The zero-order valence-electron chi connectivity index (χ0n) is 8.34. The average Bonchev–Trinajstić information content (AvgIpc) is 2.11. The van der Waals surface area contributed by atoms with Gasteiger partial charge < -0.3 is 15.2 Å². The smallest absolute Gasteiger partial charge is 0.179 e. The van der Waals surface area contributed by atoms with E-state index in [1.807, 2.05) is 13.8 Å². The molecule has 4 heteroatoms. The number of anilines is 1. The highest BCUT2D eigenvalue weighted by atomic mass is 35.5. The third kappa shape index (κ3) is 2.45. The molecule has 0 fully saturated rings. The molecule has 3 nitrogen and oxygen atoms in total. The van der Waals surface area contributed by atoms with Crippen molar-refractivity contribution >= 4 is 17.3 Å². The maximum Gasteiger partial charge on any atom is 0.179 e. The predicted octanol–water partition coefficient (Wildman–Crippen LogP) is 2.72. The summed E-state index contributed by atoms with van der Waals surface area (Å²) in [7, 11) is 0. The molecule has 1 aromatic carbocycles. The third-order valence-corrected chi connectivity index (χ3v) is 1.90. The number of benzene rings is 1. The van der Waals surface area contributed by atoms with Gasteiger partial charge in [-0.15, -0.1) is 0 Å². The molecule has 0 radical (unpaired) electrons. The first-order valence-corrected chi connectivity index (χ1v) is 4.91. The topological polar surface area (TPSA) is 44.5 Å². The van der Waals surface area contributed by atoms with Gasteiger partial charge in [-0.2, -0.15) is 0 Å². The van der Waals surface area contributed by atoms with Crippen LogP contribution >= 0.6 is 11.6 Å². The lowest BCUT2D eigenvalue weighted by Gasteiger charge is -2.12. The van der Waals surface area contributed by atoms with Crippen molar-refractivity contribution in [3.63, 3.8) is 0 Å². The summed E-state index contributed by atoms with van der Waals surface area (Å²) in [6, 6.07) is 3.36. The SMILES string of the molecule is CCOc1cc(N)cc(Cl)c1OCC. The molecule has 0 aliphatic heterocycles. The molecule has 0 aliphatic carbocycles. The van der Waals surface area contributed by atoms with Crippen LogP contribution in [0.25, 0.3) is 0 Å². The Morgan fingerprint density at radius 1 is 1.21 bits per heavy atom. The first-order chi connectivity index (χ1) is 6.69. The number of nitrogens with two attached hydrogens (primary N) is 1. The zero-order valence-corrected chi connectivity index (χ0v) is 9.10. The lowest BCUT2D eigenvalue weighted by molar-refractivity contribution is 0.288. The number of hydrogen-bond donors (Lipinski definition) is 1. The summed E-state index contributed by atoms with van der Waals surface area (Å²) in [5.41, 5.74) is 6.21. The van der Waals surface area contributed by atoms with Crippen molar-refractivity contribution in [1.29, 1.82) is 0 Å². The Bertz CT molecular complexity index is 315. The lowest BCUT2D eigenvalue weighted by atomic mass is 10.3. The molecule has 0 saturated heterocycles. The molecule has 0 atom stereocenters. The van der Waals surface area contributed by atoms with Crippen molar-refractivity contribution in [2.24, 2.45) is 0 Å². The molecule has 78 valence electrons. The van der Waals surface area contributed by atoms with E-state index in [4.69, 9.17) is 26.8 Å². The second kappa shape index (κ2) is 4.96. The van der Waals surface area contributed by atoms with Gasteiger partial charge in [0.2, 0.25) is 0 Å². The Hall–Kier alpha value is -1.09. The summed E-state index contributed by atoms with van der Waals surface area (Å²) in [6.45, 7) is 4.89. The first-order valence-electron chi connectivity index (χ1n) is 4.53. The van der Waals surface area contributed by atoms with Crippen LogP contribution in [0.5, 0.6) is 11.5 Å². The Balaban J connectivity index is 3.07. The quantitative estimate of drug-likeness (QED) is 0.786. The number of halogens is 1. The monoisotopic (exact) mass is 215 g/mol. The van der Waals surface area contributed by atoms with E-state index in [-0.39, 0.29) is 0 Å². The molecule has 0 aliphatic rings. The fraction of sp³-hybridized carbons (Fsp3) is 0.400. The fourth-order valence-corrected chi connectivity index (χ4v) is 1.41. The highest BCUT2D eigenvalue weighted by Gasteiger charge is 2.10. The van der Waals surface area contributed by atoms with E-state index in [2.05, 4.69) is 0 Å². The van der Waals surface area contributed by atoms with E-state index >= 15 is 0 Å². The standard InChI is InChI=1S/C10H14ClNO2/c1-3-13-9-6-7(12)5-8(11)10(9)14-4-2/h5-6H,3-4,12H2,1-2H3. The van der Waals surface area contributed by atoms with Gasteiger partial charge in [-0.25, -0.2) is 0 Å². The molecule has 1 aromatic rings. The number of hydrogen-bond acceptors (Lipinski definition) is 3. The van der Waals surface area contributed by atoms with Crippen LogP contribution in [0.2, 0.25) is 5.02 Å². The minimum Gasteiger partial charge on any atom is -0.490 e. The predicted molar refractivity (Wildman–Crippen MR) is 58.2 cm³/mol. The van der Waals surface area contributed by atoms with E-state index in [9.17, 15) is 0 Å². The van der Waals surface area contributed by atoms with Gasteiger partial charge in [0, 0.05) is 11.8 Å². The van der Waals surface area contributed by atoms with Gasteiger partial charge in [0.05, 0.1) is 18.2 Å². The van der Waals surface area contributed by atoms with Crippen LogP contribution in [0, 0.1) is 0 Å². The zero-order chi connectivity index (χ0) is 10.6. The van der Waals surface area contributed by atoms with Crippen LogP contribution in [0.4, 0.5) is 5.69 Å². The summed E-state index contributed by atoms with van der Waals surface area (Å²) in [6.07, 6.45) is 0. The van der Waals surface area contributed by atoms with Gasteiger partial charge >= 0.3 is 0 Å². The summed E-state index contributed by atoms with van der Waals surface area (Å²) in [5, 5.41) is 0.482. The molecule has 0 spiro atoms. The van der Waals surface area contributed by atoms with Gasteiger partial charge in [-0.3, -0.25) is 0 Å². The second-order valence-electron chi connectivity index (χ2n) is 2.70. The van der Waals surface area contributed by atoms with Crippen molar-refractivity contribution in [1.82, 2.24) is 0 Å². The van der Waals surface area contributed by atoms with E-state index < -0.39 is 0 Å². The van der Waals surface area contributed by atoms with Crippen molar-refractivity contribution in [2.75, 3.05) is 18.9 Å². The summed E-state index contributed by atoms with van der Waals surface area (Å²) < 4.78 is 10.7. The van der Waals surface area contributed by atoms with Crippen LogP contribution in [-0.4, -0.2) is 13.2 Å². The van der Waals surface area contributed by atoms with Crippen LogP contribution in [0.1, 0.15) is 13.8 Å². The number of ether oxygens (including phenoxy) is 2. The second-order valence-corrected chi connectivity index (χ2v) is 3.10. The number of nitrogen functional groups attached to an aromatic ring is 1. The van der Waals surface area contributed by atoms with Crippen LogP contribution in [-0.2, 0) is 0 Å². The molecular formula is C10H14ClNO2. The van der Waals surface area contributed by atoms with E-state index in [1.54, 1.807) is 12.1 Å². The Morgan fingerprint density at radius 2 is 1.86 bits per heavy atom. The Morgan fingerprint density at radius 3 is 2.43 bits per heavy atom. The molecule has 14 heavy (non-hydrogen) atoms. The van der Waals surface area contributed by atoms with Crippen molar-refractivity contribution < 1.29 is 9.47 Å². The molecule has 0 heterocycles. The molecule has 0 amide bonds. The molecule has 1 rings (SSSR count). The third-order valence-electron chi connectivity index (χ3n) is 1.62. The Kier molecular flexibility index (Phi) is 3.89. The van der Waals surface area contributed by atoms with Crippen molar-refractivity contribution in [3.8, 4) is 11.5 Å². The average molecular weight is 216 g/mol. The van der Waals surface area contributed by atoms with Crippen molar-refractivity contribution in [2.45, 2.75) is 13.8 Å². The minimum atomic E-state index is 0.482. The number of rotatable bonds is 4. The van der Waals surface area contributed by atoms with Gasteiger partial charge in [0.25, 0.3) is 0 Å². The van der Waals surface area contributed by atoms with Crippen LogP contribution in [0.15, 0.2) is 12.1 Å². The van der Waals surface area contributed by atoms with Crippen molar-refractivity contribution in [3.05, 3.63) is 17.2 Å². The minimum absolute atomic E-state index is 0.482. The van der Waals surface area contributed by atoms with E-state index in [0.29, 0.717) is 35.4 Å². The molecule has 2 N–H and O–H groups in total. The van der Waals surface area contributed by atoms with Crippen LogP contribution in [0.3, 0.4) is 0 Å². The lowest BCUT2D eigenvalue weighted by Crippen LogP contribution is -2.00. The molecule has 0 bridgehead atoms. The maximum absolute atomic E-state index is 5.96. The van der Waals surface area contributed by atoms with E-state index in [0.717, 1.165) is 0 Å². The molecule has 0 unspecified atom stereocenters. The first kappa shape index (κ1) is 11.0. The largest absolute Gasteiger partial charge is 0.490 e. The molecule has 0 saturated carbocycles. The molecular weight excluding hydrogens is 202 g/mol. The van der Waals surface area contributed by atoms with Gasteiger partial charge in [-0.1, -0.05) is 11.6 Å². The summed E-state index contributed by atoms with van der Waals surface area (Å²) in [4.78, 5) is 0. The normalized spacial score (nSPS) is 9.93. The highest BCUT2D eigenvalue weighted by molar-refractivity contribution is 6.32.